The third kappa shape index (κ3) is 2.96. The Bertz CT molecular complexity index is 1070. The first-order valence-electron chi connectivity index (χ1n) is 9.23. The first-order chi connectivity index (χ1) is 13.4. The van der Waals surface area contributed by atoms with Gasteiger partial charge < -0.3 is 15.0 Å². The lowest BCUT2D eigenvalue weighted by Gasteiger charge is -2.27. The minimum absolute atomic E-state index is 0.427. The van der Waals surface area contributed by atoms with Gasteiger partial charge in [0, 0.05) is 29.6 Å². The lowest BCUT2D eigenvalue weighted by atomic mass is 10.0. The molecule has 4 aromatic rings. The number of hydrogen-bond acceptors (Lipinski definition) is 4. The lowest BCUT2D eigenvalue weighted by molar-refractivity contribution is 0.217. The fourth-order valence-corrected chi connectivity index (χ4v) is 3.49. The molecule has 0 bridgehead atoms. The summed E-state index contributed by atoms with van der Waals surface area (Å²) >= 11 is 0. The minimum Gasteiger partial charge on any atom is -0.490 e. The molecule has 1 atom stereocenters. The highest BCUT2D eigenvalue weighted by Crippen LogP contribution is 2.40. The second-order valence-corrected chi connectivity index (χ2v) is 6.76. The summed E-state index contributed by atoms with van der Waals surface area (Å²) in [6.07, 6.45) is 6.58. The molecule has 0 aliphatic carbocycles. The number of nitrogens with zero attached hydrogens (tertiary/aromatic N) is 2. The van der Waals surface area contributed by atoms with Crippen molar-refractivity contribution in [1.29, 1.82) is 0 Å². The Labute approximate surface area is 157 Å². The zero-order valence-electron chi connectivity index (χ0n) is 14.9. The second-order valence-electron chi connectivity index (χ2n) is 6.76. The Kier molecular flexibility index (Phi) is 4.07. The van der Waals surface area contributed by atoms with Crippen molar-refractivity contribution in [1.82, 2.24) is 20.3 Å². The summed E-state index contributed by atoms with van der Waals surface area (Å²) in [5.41, 5.74) is 6.19. The van der Waals surface area contributed by atoms with Crippen molar-refractivity contribution < 1.29 is 4.74 Å². The van der Waals surface area contributed by atoms with Gasteiger partial charge in [-0.1, -0.05) is 30.3 Å². The third-order valence-electron chi connectivity index (χ3n) is 5.04. The van der Waals surface area contributed by atoms with Crippen LogP contribution in [0.25, 0.3) is 33.4 Å². The van der Waals surface area contributed by atoms with Crippen molar-refractivity contribution in [3.8, 4) is 28.1 Å². The van der Waals surface area contributed by atoms with Crippen molar-refractivity contribution in [2.45, 2.75) is 12.5 Å². The smallest absolute Gasteiger partial charge is 0.146 e. The Hall–Kier alpha value is -3.18. The van der Waals surface area contributed by atoms with E-state index < -0.39 is 0 Å². The highest BCUT2D eigenvalue weighted by atomic mass is 16.5. The van der Waals surface area contributed by atoms with E-state index in [-0.39, 0.29) is 0 Å². The minimum atomic E-state index is 0.427. The molecule has 4 heterocycles. The zero-order chi connectivity index (χ0) is 18.1. The fourth-order valence-electron chi connectivity index (χ4n) is 3.49. The number of aromatic nitrogens is 3. The van der Waals surface area contributed by atoms with Gasteiger partial charge in [-0.05, 0) is 36.7 Å². The van der Waals surface area contributed by atoms with Gasteiger partial charge in [0.05, 0.1) is 22.9 Å². The van der Waals surface area contributed by atoms with Gasteiger partial charge in [0.15, 0.2) is 0 Å². The van der Waals surface area contributed by atoms with Gasteiger partial charge in [0.25, 0.3) is 0 Å². The highest BCUT2D eigenvalue weighted by molar-refractivity contribution is 6.02. The SMILES string of the molecule is c1ccc(-c2c(-c3ccncc3OCC3CCN3)[nH]c3cccnc23)cc1. The van der Waals surface area contributed by atoms with Gasteiger partial charge in [-0.15, -0.1) is 0 Å². The van der Waals surface area contributed by atoms with Crippen LogP contribution in [0.4, 0.5) is 0 Å². The number of ether oxygens (including phenoxy) is 1. The van der Waals surface area contributed by atoms with Crippen LogP contribution in [0.15, 0.2) is 67.1 Å². The molecular formula is C22H20N4O. The Morgan fingerprint density at radius 1 is 1.04 bits per heavy atom. The van der Waals surface area contributed by atoms with Gasteiger partial charge in [-0.2, -0.15) is 0 Å². The van der Waals surface area contributed by atoms with Crippen LogP contribution in [-0.2, 0) is 0 Å². The summed E-state index contributed by atoms with van der Waals surface area (Å²) in [6.45, 7) is 1.72. The summed E-state index contributed by atoms with van der Waals surface area (Å²) < 4.78 is 6.12. The monoisotopic (exact) mass is 356 g/mol. The van der Waals surface area contributed by atoms with E-state index in [2.05, 4.69) is 38.5 Å². The predicted molar refractivity (Wildman–Crippen MR) is 107 cm³/mol. The Morgan fingerprint density at radius 2 is 1.93 bits per heavy atom. The van der Waals surface area contributed by atoms with E-state index >= 15 is 0 Å². The average Bonchev–Trinajstić information content (AvgIpc) is 3.07. The van der Waals surface area contributed by atoms with Gasteiger partial charge in [-0.25, -0.2) is 0 Å². The number of pyridine rings is 2. The van der Waals surface area contributed by atoms with Crippen LogP contribution in [0.1, 0.15) is 6.42 Å². The summed E-state index contributed by atoms with van der Waals surface area (Å²) in [4.78, 5) is 12.5. The molecule has 0 radical (unpaired) electrons. The lowest BCUT2D eigenvalue weighted by Crippen LogP contribution is -2.46. The summed E-state index contributed by atoms with van der Waals surface area (Å²) in [5, 5.41) is 3.37. The van der Waals surface area contributed by atoms with E-state index in [0.29, 0.717) is 12.6 Å². The summed E-state index contributed by atoms with van der Waals surface area (Å²) in [7, 11) is 0. The molecule has 27 heavy (non-hydrogen) atoms. The first-order valence-corrected chi connectivity index (χ1v) is 9.23. The topological polar surface area (TPSA) is 62.8 Å². The van der Waals surface area contributed by atoms with Crippen LogP contribution in [0, 0.1) is 0 Å². The maximum Gasteiger partial charge on any atom is 0.146 e. The average molecular weight is 356 g/mol. The number of fused-ring (bicyclic) bond motifs is 1. The van der Waals surface area contributed by atoms with Crippen LogP contribution in [0.3, 0.4) is 0 Å². The molecule has 1 aliphatic rings. The highest BCUT2D eigenvalue weighted by Gasteiger charge is 2.21. The van der Waals surface area contributed by atoms with Crippen molar-refractivity contribution in [3.05, 3.63) is 67.1 Å². The largest absolute Gasteiger partial charge is 0.490 e. The quantitative estimate of drug-likeness (QED) is 0.567. The number of H-pyrrole nitrogens is 1. The van der Waals surface area contributed by atoms with E-state index in [9.17, 15) is 0 Å². The molecule has 1 aromatic carbocycles. The van der Waals surface area contributed by atoms with Crippen LogP contribution in [0.5, 0.6) is 5.75 Å². The third-order valence-corrected chi connectivity index (χ3v) is 5.04. The van der Waals surface area contributed by atoms with E-state index in [1.165, 1.54) is 0 Å². The molecule has 5 heteroatoms. The first kappa shape index (κ1) is 16.0. The summed E-state index contributed by atoms with van der Waals surface area (Å²) in [6, 6.07) is 16.8. The number of nitrogens with one attached hydrogen (secondary N) is 2. The maximum atomic E-state index is 6.12. The molecule has 1 aliphatic heterocycles. The molecule has 5 rings (SSSR count). The van der Waals surface area contributed by atoms with Crippen LogP contribution in [0.2, 0.25) is 0 Å². The van der Waals surface area contributed by atoms with Gasteiger partial charge in [0.1, 0.15) is 12.4 Å². The van der Waals surface area contributed by atoms with Crippen molar-refractivity contribution >= 4 is 11.0 Å². The molecular weight excluding hydrogens is 336 g/mol. The van der Waals surface area contributed by atoms with E-state index in [1.54, 1.807) is 12.4 Å². The van der Waals surface area contributed by atoms with Gasteiger partial charge in [-0.3, -0.25) is 9.97 Å². The standard InChI is InChI=1S/C22H20N4O/c1-2-5-15(6-3-1)20-21(26-18-7-4-10-25-22(18)20)17-9-11-23-13-19(17)27-14-16-8-12-24-16/h1-7,9-11,13,16,24,26H,8,12,14H2. The van der Waals surface area contributed by atoms with E-state index in [0.717, 1.165) is 52.1 Å². The molecule has 0 spiro atoms. The molecule has 3 aromatic heterocycles. The number of hydrogen-bond donors (Lipinski definition) is 2. The van der Waals surface area contributed by atoms with Crippen molar-refractivity contribution in [3.63, 3.8) is 0 Å². The van der Waals surface area contributed by atoms with Crippen molar-refractivity contribution in [2.24, 2.45) is 0 Å². The Morgan fingerprint density at radius 3 is 2.74 bits per heavy atom. The molecule has 5 nitrogen and oxygen atoms in total. The predicted octanol–water partition coefficient (Wildman–Crippen LogP) is 4.03. The second kappa shape index (κ2) is 6.85. The Balaban J connectivity index is 1.65. The van der Waals surface area contributed by atoms with Crippen LogP contribution in [-0.4, -0.2) is 34.1 Å². The van der Waals surface area contributed by atoms with Crippen LogP contribution < -0.4 is 10.1 Å². The zero-order valence-corrected chi connectivity index (χ0v) is 14.9. The molecule has 2 N–H and O–H groups in total. The van der Waals surface area contributed by atoms with E-state index in [1.807, 2.05) is 36.5 Å². The van der Waals surface area contributed by atoms with Crippen molar-refractivity contribution in [2.75, 3.05) is 13.2 Å². The molecule has 134 valence electrons. The molecule has 0 saturated carbocycles. The molecule has 1 unspecified atom stereocenters. The summed E-state index contributed by atoms with van der Waals surface area (Å²) in [5.74, 6) is 0.787. The molecule has 0 amide bonds. The van der Waals surface area contributed by atoms with Gasteiger partial charge >= 0.3 is 0 Å². The van der Waals surface area contributed by atoms with E-state index in [4.69, 9.17) is 4.74 Å². The fraction of sp³-hybridized carbons (Fsp3) is 0.182. The maximum absolute atomic E-state index is 6.12. The molecule has 1 saturated heterocycles. The van der Waals surface area contributed by atoms with Crippen LogP contribution >= 0.6 is 0 Å². The molecule has 1 fully saturated rings. The van der Waals surface area contributed by atoms with Gasteiger partial charge in [0.2, 0.25) is 0 Å². The number of aromatic amines is 1. The number of rotatable bonds is 5. The normalized spacial score (nSPS) is 16.2. The number of benzene rings is 1.